The molecule has 0 saturated heterocycles. The highest BCUT2D eigenvalue weighted by Gasteiger charge is 2.16. The number of nitrogens with one attached hydrogen (secondary N) is 1. The normalized spacial score (nSPS) is 10.6. The van der Waals surface area contributed by atoms with E-state index in [0.717, 1.165) is 5.56 Å². The molecule has 0 radical (unpaired) electrons. The maximum Gasteiger partial charge on any atom is 0.257 e. The fourth-order valence-electron chi connectivity index (χ4n) is 2.60. The number of rotatable bonds is 7. The molecule has 1 N–H and O–H groups in total. The molecule has 1 aromatic heterocycles. The molecule has 0 saturated carbocycles. The molecule has 0 atom stereocenters. The number of carbonyl (C=O) groups is 2. The van der Waals surface area contributed by atoms with Crippen molar-refractivity contribution in [1.82, 2.24) is 20.1 Å². The van der Waals surface area contributed by atoms with Crippen molar-refractivity contribution in [2.24, 2.45) is 0 Å². The quantitative estimate of drug-likeness (QED) is 0.575. The van der Waals surface area contributed by atoms with Crippen molar-refractivity contribution in [2.75, 3.05) is 12.9 Å². The van der Waals surface area contributed by atoms with Gasteiger partial charge in [0.1, 0.15) is 5.75 Å². The lowest BCUT2D eigenvalue weighted by molar-refractivity contribution is -0.117. The Balaban J connectivity index is 1.62. The zero-order chi connectivity index (χ0) is 20.8. The highest BCUT2D eigenvalue weighted by molar-refractivity contribution is 7.99. The first-order valence-electron chi connectivity index (χ1n) is 8.82. The van der Waals surface area contributed by atoms with E-state index in [0.29, 0.717) is 33.9 Å². The second kappa shape index (κ2) is 9.58. The van der Waals surface area contributed by atoms with Crippen LogP contribution in [0.25, 0.3) is 11.4 Å². The van der Waals surface area contributed by atoms with Crippen molar-refractivity contribution in [1.29, 1.82) is 0 Å². The van der Waals surface area contributed by atoms with E-state index in [4.69, 9.17) is 16.3 Å². The number of ether oxygens (including phenoxy) is 1. The molecule has 0 aliphatic carbocycles. The van der Waals surface area contributed by atoms with Crippen LogP contribution in [0, 0.1) is 0 Å². The molecule has 0 fully saturated rings. The van der Waals surface area contributed by atoms with Gasteiger partial charge in [-0.3, -0.25) is 14.9 Å². The summed E-state index contributed by atoms with van der Waals surface area (Å²) in [5.74, 6) is 0.507. The molecule has 1 heterocycles. The topological polar surface area (TPSA) is 86.1 Å². The fraction of sp³-hybridized carbons (Fsp3) is 0.200. The van der Waals surface area contributed by atoms with Crippen molar-refractivity contribution < 1.29 is 14.3 Å². The standard InChI is InChI=1S/C20H19ClN4O3S/c1-3-25-18(13-4-8-15(21)9-5-13)23-24-20(25)29-12-17(26)22-19(27)14-6-10-16(28-2)11-7-14/h4-11H,3,12H2,1-2H3,(H,22,26,27). The van der Waals surface area contributed by atoms with Crippen LogP contribution in [0.5, 0.6) is 5.75 Å². The Morgan fingerprint density at radius 1 is 1.10 bits per heavy atom. The summed E-state index contributed by atoms with van der Waals surface area (Å²) in [7, 11) is 1.54. The minimum atomic E-state index is -0.461. The monoisotopic (exact) mass is 430 g/mol. The average molecular weight is 431 g/mol. The van der Waals surface area contributed by atoms with E-state index in [1.165, 1.54) is 11.8 Å². The lowest BCUT2D eigenvalue weighted by Gasteiger charge is -2.08. The fourth-order valence-corrected chi connectivity index (χ4v) is 3.53. The van der Waals surface area contributed by atoms with Crippen molar-refractivity contribution in [3.63, 3.8) is 0 Å². The van der Waals surface area contributed by atoms with Crippen LogP contribution in [0.1, 0.15) is 17.3 Å². The van der Waals surface area contributed by atoms with E-state index in [1.54, 1.807) is 43.5 Å². The molecule has 0 unspecified atom stereocenters. The maximum absolute atomic E-state index is 12.2. The summed E-state index contributed by atoms with van der Waals surface area (Å²) < 4.78 is 6.96. The van der Waals surface area contributed by atoms with Gasteiger partial charge in [0.25, 0.3) is 5.91 Å². The molecule has 0 aliphatic heterocycles. The van der Waals surface area contributed by atoms with E-state index in [9.17, 15) is 9.59 Å². The van der Waals surface area contributed by atoms with Crippen molar-refractivity contribution in [3.05, 3.63) is 59.1 Å². The van der Waals surface area contributed by atoms with Gasteiger partial charge in [-0.15, -0.1) is 10.2 Å². The second-order valence-electron chi connectivity index (χ2n) is 5.95. The van der Waals surface area contributed by atoms with Gasteiger partial charge >= 0.3 is 0 Å². The molecule has 3 rings (SSSR count). The first-order chi connectivity index (χ1) is 14.0. The zero-order valence-electron chi connectivity index (χ0n) is 15.9. The van der Waals surface area contributed by atoms with Crippen molar-refractivity contribution in [2.45, 2.75) is 18.6 Å². The zero-order valence-corrected chi connectivity index (χ0v) is 17.5. The van der Waals surface area contributed by atoms with Crippen LogP contribution in [0.2, 0.25) is 5.02 Å². The number of thioether (sulfide) groups is 1. The summed E-state index contributed by atoms with van der Waals surface area (Å²) in [6.45, 7) is 2.61. The highest BCUT2D eigenvalue weighted by atomic mass is 35.5. The Kier molecular flexibility index (Phi) is 6.90. The molecule has 0 aliphatic rings. The molecule has 2 aromatic carbocycles. The Morgan fingerprint density at radius 3 is 2.41 bits per heavy atom. The number of methoxy groups -OCH3 is 1. The lowest BCUT2D eigenvalue weighted by atomic mass is 10.2. The Bertz CT molecular complexity index is 1000. The minimum absolute atomic E-state index is 0.0423. The summed E-state index contributed by atoms with van der Waals surface area (Å²) in [5.41, 5.74) is 1.26. The summed E-state index contributed by atoms with van der Waals surface area (Å²) in [4.78, 5) is 24.4. The van der Waals surface area contributed by atoms with Crippen LogP contribution in [0.15, 0.2) is 53.7 Å². The number of benzene rings is 2. The summed E-state index contributed by atoms with van der Waals surface area (Å²) in [6.07, 6.45) is 0. The van der Waals surface area contributed by atoms with Crippen LogP contribution in [-0.4, -0.2) is 39.4 Å². The first-order valence-corrected chi connectivity index (χ1v) is 10.2. The summed E-state index contributed by atoms with van der Waals surface area (Å²) in [5, 5.41) is 12.0. The van der Waals surface area contributed by atoms with E-state index < -0.39 is 11.8 Å². The molecule has 3 aromatic rings. The average Bonchev–Trinajstić information content (AvgIpc) is 3.15. The summed E-state index contributed by atoms with van der Waals surface area (Å²) in [6, 6.07) is 13.8. The Hall–Kier alpha value is -2.84. The first kappa shape index (κ1) is 20.9. The van der Waals surface area contributed by atoms with Crippen molar-refractivity contribution >= 4 is 35.2 Å². The maximum atomic E-state index is 12.2. The van der Waals surface area contributed by atoms with E-state index in [1.807, 2.05) is 23.6 Å². The highest BCUT2D eigenvalue weighted by Crippen LogP contribution is 2.25. The number of carbonyl (C=O) groups excluding carboxylic acids is 2. The van der Waals surface area contributed by atoms with Gasteiger partial charge in [-0.25, -0.2) is 0 Å². The molecule has 7 nitrogen and oxygen atoms in total. The number of amides is 2. The van der Waals surface area contributed by atoms with Gasteiger partial charge in [0.15, 0.2) is 11.0 Å². The molecule has 2 amide bonds. The predicted octanol–water partition coefficient (Wildman–Crippen LogP) is 3.68. The number of nitrogens with zero attached hydrogens (tertiary/aromatic N) is 3. The number of aromatic nitrogens is 3. The van der Waals surface area contributed by atoms with Gasteiger partial charge < -0.3 is 9.30 Å². The minimum Gasteiger partial charge on any atom is -0.497 e. The number of hydrogen-bond donors (Lipinski definition) is 1. The molecule has 0 spiro atoms. The Labute approximate surface area is 177 Å². The molecular formula is C20H19ClN4O3S. The van der Waals surface area contributed by atoms with Crippen LogP contribution >= 0.6 is 23.4 Å². The van der Waals surface area contributed by atoms with Crippen molar-refractivity contribution in [3.8, 4) is 17.1 Å². The third-order valence-electron chi connectivity index (χ3n) is 4.07. The van der Waals surface area contributed by atoms with Gasteiger partial charge in [-0.2, -0.15) is 0 Å². The number of imide groups is 1. The number of hydrogen-bond acceptors (Lipinski definition) is 6. The molecule has 150 valence electrons. The summed E-state index contributed by atoms with van der Waals surface area (Å²) >= 11 is 7.16. The van der Waals surface area contributed by atoms with E-state index in [2.05, 4.69) is 15.5 Å². The van der Waals surface area contributed by atoms with Gasteiger partial charge in [-0.1, -0.05) is 23.4 Å². The largest absolute Gasteiger partial charge is 0.497 e. The van der Waals surface area contributed by atoms with Crippen LogP contribution in [0.3, 0.4) is 0 Å². The van der Waals surface area contributed by atoms with E-state index in [-0.39, 0.29) is 5.75 Å². The Morgan fingerprint density at radius 2 is 1.79 bits per heavy atom. The van der Waals surface area contributed by atoms with E-state index >= 15 is 0 Å². The van der Waals surface area contributed by atoms with Gasteiger partial charge in [0, 0.05) is 22.7 Å². The molecule has 0 bridgehead atoms. The van der Waals surface area contributed by atoms with Gasteiger partial charge in [0.05, 0.1) is 12.9 Å². The van der Waals surface area contributed by atoms with Crippen LogP contribution < -0.4 is 10.1 Å². The SMILES string of the molecule is CCn1c(SCC(=O)NC(=O)c2ccc(OC)cc2)nnc1-c1ccc(Cl)cc1. The molecular weight excluding hydrogens is 412 g/mol. The van der Waals surface area contributed by atoms with Crippen LogP contribution in [0.4, 0.5) is 0 Å². The number of halogens is 1. The molecule has 29 heavy (non-hydrogen) atoms. The van der Waals surface area contributed by atoms with Gasteiger partial charge in [-0.05, 0) is 55.5 Å². The van der Waals surface area contributed by atoms with Crippen LogP contribution in [-0.2, 0) is 11.3 Å². The third kappa shape index (κ3) is 5.16. The smallest absolute Gasteiger partial charge is 0.257 e. The van der Waals surface area contributed by atoms with Gasteiger partial charge in [0.2, 0.25) is 5.91 Å². The predicted molar refractivity (Wildman–Crippen MR) is 112 cm³/mol. The lowest BCUT2D eigenvalue weighted by Crippen LogP contribution is -2.31. The molecule has 9 heteroatoms. The third-order valence-corrected chi connectivity index (χ3v) is 5.29. The second-order valence-corrected chi connectivity index (χ2v) is 7.33.